The quantitative estimate of drug-likeness (QED) is 0.778. The summed E-state index contributed by atoms with van der Waals surface area (Å²) in [5, 5.41) is 4.25. The van der Waals surface area contributed by atoms with Crippen LogP contribution in [0.4, 0.5) is 19.4 Å². The van der Waals surface area contributed by atoms with E-state index in [2.05, 4.69) is 5.16 Å². The molecule has 1 saturated carbocycles. The van der Waals surface area contributed by atoms with Gasteiger partial charge in [0.1, 0.15) is 0 Å². The number of nitrogens with zero attached hydrogens (tertiary/aromatic N) is 2. The second-order valence-corrected chi connectivity index (χ2v) is 7.88. The molecule has 2 aromatic rings. The maximum absolute atomic E-state index is 14.5. The molecule has 2 aliphatic heterocycles. The first-order chi connectivity index (χ1) is 12.6. The molecule has 1 amide bonds. The van der Waals surface area contributed by atoms with Crippen LogP contribution in [0.2, 0.25) is 0 Å². The Kier molecular flexibility index (Phi) is 3.91. The number of aromatic nitrogens is 1. The van der Waals surface area contributed by atoms with E-state index >= 15 is 0 Å². The standard InChI is InChI=1S/C17H16F2N2O4S/c18-12-8(16-23-5-6-24-16)7-9-14(13(12)19)25-20-15(9)21-10-3-1-2-4-11(10)26-17(21)22/h7,10-11,16H,1-6H2. The van der Waals surface area contributed by atoms with Crippen molar-refractivity contribution in [2.75, 3.05) is 18.1 Å². The molecule has 6 nitrogen and oxygen atoms in total. The fourth-order valence-corrected chi connectivity index (χ4v) is 5.27. The van der Waals surface area contributed by atoms with E-state index in [1.807, 2.05) is 0 Å². The number of carbonyl (C=O) groups is 1. The van der Waals surface area contributed by atoms with Crippen molar-refractivity contribution in [3.05, 3.63) is 23.3 Å². The Hall–Kier alpha value is -1.71. The Labute approximate surface area is 151 Å². The average Bonchev–Trinajstić information content (AvgIpc) is 3.35. The Morgan fingerprint density at radius 2 is 1.92 bits per heavy atom. The molecule has 2 saturated heterocycles. The maximum atomic E-state index is 14.5. The molecule has 2 atom stereocenters. The Bertz CT molecular complexity index is 883. The third kappa shape index (κ3) is 2.37. The van der Waals surface area contributed by atoms with Gasteiger partial charge in [0.25, 0.3) is 5.24 Å². The lowest BCUT2D eigenvalue weighted by Gasteiger charge is -2.28. The summed E-state index contributed by atoms with van der Waals surface area (Å²) in [7, 11) is 0. The Balaban J connectivity index is 1.63. The van der Waals surface area contributed by atoms with E-state index in [4.69, 9.17) is 14.0 Å². The zero-order valence-electron chi connectivity index (χ0n) is 13.7. The van der Waals surface area contributed by atoms with Crippen LogP contribution in [0.1, 0.15) is 37.5 Å². The van der Waals surface area contributed by atoms with Crippen molar-refractivity contribution in [3.63, 3.8) is 0 Å². The van der Waals surface area contributed by atoms with Crippen molar-refractivity contribution in [1.82, 2.24) is 5.16 Å². The van der Waals surface area contributed by atoms with Crippen LogP contribution >= 0.6 is 11.8 Å². The highest BCUT2D eigenvalue weighted by Crippen LogP contribution is 2.45. The van der Waals surface area contributed by atoms with E-state index in [1.54, 1.807) is 4.90 Å². The van der Waals surface area contributed by atoms with Gasteiger partial charge in [-0.3, -0.25) is 9.69 Å². The highest BCUT2D eigenvalue weighted by molar-refractivity contribution is 8.14. The molecule has 26 heavy (non-hydrogen) atoms. The number of carbonyl (C=O) groups excluding carboxylic acids is 1. The molecule has 3 aliphatic rings. The van der Waals surface area contributed by atoms with Gasteiger partial charge in [0, 0.05) is 10.8 Å². The van der Waals surface area contributed by atoms with Crippen LogP contribution in [0.15, 0.2) is 10.6 Å². The van der Waals surface area contributed by atoms with Crippen LogP contribution in [0.25, 0.3) is 11.0 Å². The zero-order valence-corrected chi connectivity index (χ0v) is 14.6. The lowest BCUT2D eigenvalue weighted by atomic mass is 9.94. The van der Waals surface area contributed by atoms with Crippen molar-refractivity contribution in [2.24, 2.45) is 0 Å². The molecule has 2 unspecified atom stereocenters. The number of anilines is 1. The van der Waals surface area contributed by atoms with E-state index in [-0.39, 0.29) is 38.9 Å². The van der Waals surface area contributed by atoms with Crippen LogP contribution in [0, 0.1) is 11.6 Å². The molecule has 3 heterocycles. The summed E-state index contributed by atoms with van der Waals surface area (Å²) in [5.41, 5.74) is -0.340. The fraction of sp³-hybridized carbons (Fsp3) is 0.529. The lowest BCUT2D eigenvalue weighted by Crippen LogP contribution is -2.38. The summed E-state index contributed by atoms with van der Waals surface area (Å²) in [4.78, 5) is 14.1. The number of fused-ring (bicyclic) bond motifs is 2. The monoisotopic (exact) mass is 382 g/mol. The van der Waals surface area contributed by atoms with Crippen molar-refractivity contribution in [3.8, 4) is 0 Å². The van der Waals surface area contributed by atoms with Gasteiger partial charge in [-0.25, -0.2) is 4.39 Å². The molecule has 0 N–H and O–H groups in total. The van der Waals surface area contributed by atoms with Crippen molar-refractivity contribution in [2.45, 2.75) is 43.3 Å². The predicted octanol–water partition coefficient (Wildman–Crippen LogP) is 4.14. The second-order valence-electron chi connectivity index (χ2n) is 6.69. The van der Waals surface area contributed by atoms with Crippen LogP contribution < -0.4 is 4.90 Å². The molecule has 0 spiro atoms. The number of ether oxygens (including phenoxy) is 2. The van der Waals surface area contributed by atoms with E-state index < -0.39 is 17.9 Å². The number of thioether (sulfide) groups is 1. The van der Waals surface area contributed by atoms with Crippen molar-refractivity contribution in [1.29, 1.82) is 0 Å². The largest absolute Gasteiger partial charge is 0.351 e. The number of hydrogen-bond acceptors (Lipinski definition) is 6. The smallest absolute Gasteiger partial charge is 0.287 e. The third-order valence-corrected chi connectivity index (χ3v) is 6.46. The SMILES string of the molecule is O=C1SC2CCCCC2N1c1noc2c(F)c(F)c(C3OCCO3)cc12. The minimum atomic E-state index is -1.14. The van der Waals surface area contributed by atoms with Gasteiger partial charge in [0.05, 0.1) is 24.6 Å². The molecule has 1 aliphatic carbocycles. The minimum absolute atomic E-state index is 0.00472. The summed E-state index contributed by atoms with van der Waals surface area (Å²) in [5.74, 6) is -1.98. The number of benzene rings is 1. The molecule has 138 valence electrons. The molecule has 0 bridgehead atoms. The van der Waals surface area contributed by atoms with Gasteiger partial charge in [0.15, 0.2) is 17.9 Å². The van der Waals surface area contributed by atoms with Gasteiger partial charge in [-0.1, -0.05) is 29.8 Å². The summed E-state index contributed by atoms with van der Waals surface area (Å²) in [6.07, 6.45) is 2.98. The molecule has 1 aromatic heterocycles. The second kappa shape index (κ2) is 6.17. The number of hydrogen-bond donors (Lipinski definition) is 0. The Morgan fingerprint density at radius 3 is 2.73 bits per heavy atom. The molecule has 3 fully saturated rings. The zero-order chi connectivity index (χ0) is 17.8. The van der Waals surface area contributed by atoms with Gasteiger partial charge >= 0.3 is 0 Å². The first kappa shape index (κ1) is 16.5. The summed E-state index contributed by atoms with van der Waals surface area (Å²) in [6, 6.07) is 1.43. The van der Waals surface area contributed by atoms with E-state index in [0.29, 0.717) is 13.2 Å². The van der Waals surface area contributed by atoms with Crippen LogP contribution in [0.5, 0.6) is 0 Å². The molecule has 5 rings (SSSR count). The lowest BCUT2D eigenvalue weighted by molar-refractivity contribution is -0.0467. The maximum Gasteiger partial charge on any atom is 0.287 e. The van der Waals surface area contributed by atoms with Gasteiger partial charge in [-0.15, -0.1) is 0 Å². The average molecular weight is 382 g/mol. The van der Waals surface area contributed by atoms with E-state index in [1.165, 1.54) is 17.8 Å². The van der Waals surface area contributed by atoms with Crippen molar-refractivity contribution >= 4 is 33.8 Å². The minimum Gasteiger partial charge on any atom is -0.351 e. The molecular weight excluding hydrogens is 366 g/mol. The fourth-order valence-electron chi connectivity index (χ4n) is 3.98. The number of rotatable bonds is 2. The van der Waals surface area contributed by atoms with E-state index in [9.17, 15) is 13.6 Å². The number of amides is 1. The Morgan fingerprint density at radius 1 is 1.15 bits per heavy atom. The normalized spacial score (nSPS) is 26.8. The molecule has 9 heteroatoms. The van der Waals surface area contributed by atoms with Gasteiger partial charge in [-0.05, 0) is 18.9 Å². The topological polar surface area (TPSA) is 64.8 Å². The van der Waals surface area contributed by atoms with Gasteiger partial charge in [-0.2, -0.15) is 4.39 Å². The third-order valence-electron chi connectivity index (χ3n) is 5.21. The molecule has 0 radical (unpaired) electrons. The number of halogens is 2. The molecule has 1 aromatic carbocycles. The van der Waals surface area contributed by atoms with Crippen LogP contribution in [-0.4, -0.2) is 34.9 Å². The van der Waals surface area contributed by atoms with Gasteiger partial charge < -0.3 is 14.0 Å². The predicted molar refractivity (Wildman–Crippen MR) is 90.1 cm³/mol. The molecular formula is C17H16F2N2O4S. The van der Waals surface area contributed by atoms with Crippen LogP contribution in [0.3, 0.4) is 0 Å². The van der Waals surface area contributed by atoms with E-state index in [0.717, 1.165) is 25.7 Å². The highest BCUT2D eigenvalue weighted by Gasteiger charge is 2.44. The first-order valence-electron chi connectivity index (χ1n) is 8.65. The summed E-state index contributed by atoms with van der Waals surface area (Å²) >= 11 is 1.29. The van der Waals surface area contributed by atoms with Crippen LogP contribution in [-0.2, 0) is 9.47 Å². The van der Waals surface area contributed by atoms with Crippen molar-refractivity contribution < 1.29 is 27.6 Å². The highest BCUT2D eigenvalue weighted by atomic mass is 32.2. The summed E-state index contributed by atoms with van der Waals surface area (Å²) < 4.78 is 44.6. The summed E-state index contributed by atoms with van der Waals surface area (Å²) in [6.45, 7) is 0.622. The first-order valence-corrected chi connectivity index (χ1v) is 9.53. The van der Waals surface area contributed by atoms with Gasteiger partial charge in [0.2, 0.25) is 11.4 Å².